The van der Waals surface area contributed by atoms with Gasteiger partial charge in [-0.15, -0.1) is 0 Å². The van der Waals surface area contributed by atoms with Crippen molar-refractivity contribution in [1.82, 2.24) is 9.80 Å². The Morgan fingerprint density at radius 1 is 1.10 bits per heavy atom. The van der Waals surface area contributed by atoms with E-state index in [1.165, 1.54) is 30.9 Å². The zero-order valence-electron chi connectivity index (χ0n) is 16.8. The van der Waals surface area contributed by atoms with Gasteiger partial charge >= 0.3 is 0 Å². The molecule has 0 aromatic heterocycles. The maximum atomic E-state index is 13.0. The predicted octanol–water partition coefficient (Wildman–Crippen LogP) is 3.38. The first-order chi connectivity index (χ1) is 14.1. The second kappa shape index (κ2) is 10.0. The van der Waals surface area contributed by atoms with Crippen molar-refractivity contribution in [2.75, 3.05) is 39.8 Å². The molecule has 0 radical (unpaired) electrons. The van der Waals surface area contributed by atoms with E-state index in [2.05, 4.69) is 29.2 Å². The van der Waals surface area contributed by atoms with Crippen LogP contribution in [0.4, 0.5) is 5.69 Å². The minimum Gasteiger partial charge on any atom is -0.497 e. The molecule has 1 amide bonds. The lowest BCUT2D eigenvalue weighted by molar-refractivity contribution is -0.385. The van der Waals surface area contributed by atoms with Gasteiger partial charge in [-0.1, -0.05) is 30.3 Å². The van der Waals surface area contributed by atoms with Gasteiger partial charge in [0.05, 0.1) is 12.0 Å². The molecule has 0 unspecified atom stereocenters. The fraction of sp³-hybridized carbons (Fsp3) is 0.409. The molecule has 0 saturated carbocycles. The van der Waals surface area contributed by atoms with Crippen LogP contribution >= 0.6 is 0 Å². The summed E-state index contributed by atoms with van der Waals surface area (Å²) in [6.07, 6.45) is 2.96. The molecule has 0 N–H and O–H groups in total. The molecule has 1 heterocycles. The average molecular weight is 397 g/mol. The lowest BCUT2D eigenvalue weighted by atomic mass is 10.1. The van der Waals surface area contributed by atoms with Gasteiger partial charge in [-0.2, -0.15) is 0 Å². The molecule has 1 saturated heterocycles. The number of nitro groups is 1. The summed E-state index contributed by atoms with van der Waals surface area (Å²) in [6, 6.07) is 14.7. The molecule has 1 aliphatic rings. The van der Waals surface area contributed by atoms with Gasteiger partial charge in [0.15, 0.2) is 0 Å². The Balaban J connectivity index is 1.59. The summed E-state index contributed by atoms with van der Waals surface area (Å²) in [4.78, 5) is 27.9. The van der Waals surface area contributed by atoms with E-state index in [0.29, 0.717) is 18.8 Å². The van der Waals surface area contributed by atoms with E-state index in [9.17, 15) is 14.9 Å². The zero-order valence-corrected chi connectivity index (χ0v) is 16.8. The van der Waals surface area contributed by atoms with E-state index >= 15 is 0 Å². The number of amides is 1. The lowest BCUT2D eigenvalue weighted by Gasteiger charge is -2.22. The Morgan fingerprint density at radius 2 is 1.90 bits per heavy atom. The standard InChI is InChI=1S/C22H27N3O4/c1-29-19-10-11-21(25(27)28)20(17-19)22(26)24-14-6-13-23(15-16-24)12-5-9-18-7-3-2-4-8-18/h2-4,7-8,10-11,17H,5-6,9,12-16H2,1H3. The Kier molecular flexibility index (Phi) is 7.19. The molecule has 29 heavy (non-hydrogen) atoms. The first kappa shape index (κ1) is 20.8. The Labute approximate surface area is 171 Å². The highest BCUT2D eigenvalue weighted by molar-refractivity contribution is 5.98. The Morgan fingerprint density at radius 3 is 2.62 bits per heavy atom. The molecule has 2 aromatic carbocycles. The lowest BCUT2D eigenvalue weighted by Crippen LogP contribution is -2.35. The van der Waals surface area contributed by atoms with E-state index in [-0.39, 0.29) is 17.2 Å². The van der Waals surface area contributed by atoms with Gasteiger partial charge < -0.3 is 14.5 Å². The summed E-state index contributed by atoms with van der Waals surface area (Å²) >= 11 is 0. The van der Waals surface area contributed by atoms with Crippen LogP contribution in [0.1, 0.15) is 28.8 Å². The van der Waals surface area contributed by atoms with Gasteiger partial charge in [-0.25, -0.2) is 0 Å². The van der Waals surface area contributed by atoms with Gasteiger partial charge in [0.1, 0.15) is 11.3 Å². The molecular weight excluding hydrogens is 370 g/mol. The molecule has 154 valence electrons. The number of hydrogen-bond acceptors (Lipinski definition) is 5. The quantitative estimate of drug-likeness (QED) is 0.529. The van der Waals surface area contributed by atoms with Crippen molar-refractivity contribution < 1.29 is 14.5 Å². The van der Waals surface area contributed by atoms with Gasteiger partial charge in [0, 0.05) is 25.7 Å². The van der Waals surface area contributed by atoms with Crippen molar-refractivity contribution >= 4 is 11.6 Å². The van der Waals surface area contributed by atoms with Crippen molar-refractivity contribution in [2.24, 2.45) is 0 Å². The van der Waals surface area contributed by atoms with Gasteiger partial charge in [0.2, 0.25) is 0 Å². The maximum absolute atomic E-state index is 13.0. The minimum absolute atomic E-state index is 0.0897. The van der Waals surface area contributed by atoms with Gasteiger partial charge in [-0.3, -0.25) is 14.9 Å². The third-order valence-corrected chi connectivity index (χ3v) is 5.29. The topological polar surface area (TPSA) is 75.9 Å². The van der Waals surface area contributed by atoms with Gasteiger partial charge in [0.25, 0.3) is 11.6 Å². The molecule has 1 fully saturated rings. The molecule has 1 aliphatic heterocycles. The third kappa shape index (κ3) is 5.54. The number of carbonyl (C=O) groups excluding carboxylic acids is 1. The third-order valence-electron chi connectivity index (χ3n) is 5.29. The van der Waals surface area contributed by atoms with Crippen molar-refractivity contribution in [3.8, 4) is 5.75 Å². The van der Waals surface area contributed by atoms with Crippen LogP contribution in [0, 0.1) is 10.1 Å². The predicted molar refractivity (Wildman–Crippen MR) is 111 cm³/mol. The second-order valence-corrected chi connectivity index (χ2v) is 7.22. The van der Waals surface area contributed by atoms with Crippen LogP contribution in [0.2, 0.25) is 0 Å². The molecule has 2 aromatic rings. The highest BCUT2D eigenvalue weighted by atomic mass is 16.6. The maximum Gasteiger partial charge on any atom is 0.282 e. The van der Waals surface area contributed by atoms with Crippen molar-refractivity contribution in [3.05, 3.63) is 69.8 Å². The van der Waals surface area contributed by atoms with Crippen LogP contribution < -0.4 is 4.74 Å². The normalized spacial score (nSPS) is 15.0. The fourth-order valence-corrected chi connectivity index (χ4v) is 3.69. The summed E-state index contributed by atoms with van der Waals surface area (Å²) < 4.78 is 5.15. The number of nitro benzene ring substituents is 1. The molecule has 0 atom stereocenters. The second-order valence-electron chi connectivity index (χ2n) is 7.22. The van der Waals surface area contributed by atoms with Crippen molar-refractivity contribution in [2.45, 2.75) is 19.3 Å². The number of rotatable bonds is 7. The fourth-order valence-electron chi connectivity index (χ4n) is 3.69. The molecule has 0 bridgehead atoms. The van der Waals surface area contributed by atoms with E-state index in [4.69, 9.17) is 4.74 Å². The summed E-state index contributed by atoms with van der Waals surface area (Å²) in [5.41, 5.74) is 1.25. The average Bonchev–Trinajstić information content (AvgIpc) is 2.99. The Hall–Kier alpha value is -2.93. The van der Waals surface area contributed by atoms with E-state index in [1.54, 1.807) is 4.90 Å². The van der Waals surface area contributed by atoms with Crippen LogP contribution in [0.25, 0.3) is 0 Å². The Bertz CT molecular complexity index is 841. The molecular formula is C22H27N3O4. The number of benzene rings is 2. The number of carbonyl (C=O) groups is 1. The number of ether oxygens (including phenoxy) is 1. The largest absolute Gasteiger partial charge is 0.497 e. The molecule has 7 nitrogen and oxygen atoms in total. The van der Waals surface area contributed by atoms with Crippen LogP contribution in [0.5, 0.6) is 5.75 Å². The van der Waals surface area contributed by atoms with E-state index in [1.807, 2.05) is 6.07 Å². The number of nitrogens with zero attached hydrogens (tertiary/aromatic N) is 3. The SMILES string of the molecule is COc1ccc([N+](=O)[O-])c(C(=O)N2CCCN(CCCc3ccccc3)CC2)c1. The monoisotopic (exact) mass is 397 g/mol. The first-order valence-electron chi connectivity index (χ1n) is 9.96. The summed E-state index contributed by atoms with van der Waals surface area (Å²) in [7, 11) is 1.48. The van der Waals surface area contributed by atoms with E-state index in [0.717, 1.165) is 38.9 Å². The summed E-state index contributed by atoms with van der Waals surface area (Å²) in [5, 5.41) is 11.3. The zero-order chi connectivity index (χ0) is 20.6. The number of hydrogen-bond donors (Lipinski definition) is 0. The van der Waals surface area contributed by atoms with Crippen LogP contribution in [-0.2, 0) is 6.42 Å². The van der Waals surface area contributed by atoms with Crippen molar-refractivity contribution in [3.63, 3.8) is 0 Å². The molecule has 0 aliphatic carbocycles. The minimum atomic E-state index is -0.514. The highest BCUT2D eigenvalue weighted by Gasteiger charge is 2.27. The first-order valence-corrected chi connectivity index (χ1v) is 9.96. The highest BCUT2D eigenvalue weighted by Crippen LogP contribution is 2.25. The van der Waals surface area contributed by atoms with E-state index < -0.39 is 4.92 Å². The van der Waals surface area contributed by atoms with Gasteiger partial charge in [-0.05, 0) is 50.0 Å². The molecule has 7 heteroatoms. The molecule has 3 rings (SSSR count). The summed E-state index contributed by atoms with van der Waals surface area (Å²) in [5.74, 6) is 0.137. The van der Waals surface area contributed by atoms with Crippen LogP contribution in [0.3, 0.4) is 0 Å². The van der Waals surface area contributed by atoms with Crippen LogP contribution in [-0.4, -0.2) is 60.5 Å². The number of aryl methyl sites for hydroxylation is 1. The molecule has 0 spiro atoms. The van der Waals surface area contributed by atoms with Crippen LogP contribution in [0.15, 0.2) is 48.5 Å². The number of methoxy groups -OCH3 is 1. The smallest absolute Gasteiger partial charge is 0.282 e. The summed E-state index contributed by atoms with van der Waals surface area (Å²) in [6.45, 7) is 3.86. The van der Waals surface area contributed by atoms with Crippen molar-refractivity contribution in [1.29, 1.82) is 0 Å².